The van der Waals surface area contributed by atoms with Gasteiger partial charge in [-0.25, -0.2) is 0 Å². The van der Waals surface area contributed by atoms with Crippen LogP contribution in [0.2, 0.25) is 5.02 Å². The molecule has 3 heteroatoms. The molecule has 1 heterocycles. The van der Waals surface area contributed by atoms with Gasteiger partial charge in [-0.2, -0.15) is 0 Å². The zero-order valence-corrected chi connectivity index (χ0v) is 12.3. The molecular weight excluding hydrogens is 258 g/mol. The molecule has 1 N–H and O–H groups in total. The molecule has 0 bridgehead atoms. The number of fused-ring (bicyclic) bond motifs is 1. The van der Waals surface area contributed by atoms with Crippen molar-refractivity contribution in [1.82, 2.24) is 5.32 Å². The lowest BCUT2D eigenvalue weighted by atomic mass is 9.89. The van der Waals surface area contributed by atoms with E-state index < -0.39 is 0 Å². The topological polar surface area (TPSA) is 21.3 Å². The van der Waals surface area contributed by atoms with Crippen molar-refractivity contribution in [2.24, 2.45) is 5.41 Å². The second-order valence-electron chi connectivity index (χ2n) is 6.34. The molecule has 0 amide bonds. The molecular formula is C16H22ClNO. The number of benzene rings is 1. The normalized spacial score (nSPS) is 24.2. The Balaban J connectivity index is 1.48. The van der Waals surface area contributed by atoms with E-state index in [2.05, 4.69) is 12.2 Å². The molecule has 0 saturated heterocycles. The Morgan fingerprint density at radius 1 is 1.37 bits per heavy atom. The summed E-state index contributed by atoms with van der Waals surface area (Å²) in [7, 11) is 0. The minimum absolute atomic E-state index is 0.262. The van der Waals surface area contributed by atoms with Crippen molar-refractivity contribution in [3.8, 4) is 5.75 Å². The van der Waals surface area contributed by atoms with Crippen LogP contribution in [0, 0.1) is 5.41 Å². The first-order valence-corrected chi connectivity index (χ1v) is 7.68. The summed E-state index contributed by atoms with van der Waals surface area (Å²) in [4.78, 5) is 0. The van der Waals surface area contributed by atoms with E-state index in [1.54, 1.807) is 0 Å². The summed E-state index contributed by atoms with van der Waals surface area (Å²) in [6.45, 7) is 4.45. The van der Waals surface area contributed by atoms with Gasteiger partial charge in [0.25, 0.3) is 0 Å². The molecule has 1 unspecified atom stereocenters. The molecule has 2 aliphatic rings. The molecule has 1 fully saturated rings. The van der Waals surface area contributed by atoms with Crippen LogP contribution in [0.1, 0.15) is 38.2 Å². The van der Waals surface area contributed by atoms with Crippen LogP contribution in [0.4, 0.5) is 0 Å². The largest absolute Gasteiger partial charge is 0.488 e. The first-order valence-electron chi connectivity index (χ1n) is 7.30. The van der Waals surface area contributed by atoms with Gasteiger partial charge in [0, 0.05) is 24.5 Å². The van der Waals surface area contributed by atoms with Gasteiger partial charge in [0.2, 0.25) is 0 Å². The van der Waals surface area contributed by atoms with Crippen LogP contribution in [0.15, 0.2) is 18.2 Å². The predicted octanol–water partition coefficient (Wildman–Crippen LogP) is 3.81. The highest BCUT2D eigenvalue weighted by atomic mass is 35.5. The monoisotopic (exact) mass is 279 g/mol. The van der Waals surface area contributed by atoms with Crippen LogP contribution >= 0.6 is 11.6 Å². The molecule has 1 aliphatic heterocycles. The summed E-state index contributed by atoms with van der Waals surface area (Å²) in [5.41, 5.74) is 1.75. The summed E-state index contributed by atoms with van der Waals surface area (Å²) < 4.78 is 5.94. The van der Waals surface area contributed by atoms with Crippen molar-refractivity contribution >= 4 is 11.6 Å². The SMILES string of the molecule is CC1(CNCC2Cc3cc(Cl)ccc3O2)CCCC1. The smallest absolute Gasteiger partial charge is 0.123 e. The maximum absolute atomic E-state index is 6.01. The number of nitrogens with one attached hydrogen (secondary N) is 1. The minimum atomic E-state index is 0.262. The fourth-order valence-corrected chi connectivity index (χ4v) is 3.54. The van der Waals surface area contributed by atoms with E-state index in [1.165, 1.54) is 31.2 Å². The molecule has 0 spiro atoms. The van der Waals surface area contributed by atoms with Crippen molar-refractivity contribution < 1.29 is 4.74 Å². The molecule has 1 aromatic carbocycles. The highest BCUT2D eigenvalue weighted by Gasteiger charge is 2.29. The molecule has 3 rings (SSSR count). The lowest BCUT2D eigenvalue weighted by Gasteiger charge is -2.24. The van der Waals surface area contributed by atoms with Gasteiger partial charge in [0.05, 0.1) is 0 Å². The van der Waals surface area contributed by atoms with Crippen LogP contribution in [0.25, 0.3) is 0 Å². The Morgan fingerprint density at radius 2 is 2.16 bits per heavy atom. The Morgan fingerprint density at radius 3 is 2.95 bits per heavy atom. The van der Waals surface area contributed by atoms with E-state index in [9.17, 15) is 0 Å². The maximum atomic E-state index is 6.01. The van der Waals surface area contributed by atoms with Crippen molar-refractivity contribution in [3.05, 3.63) is 28.8 Å². The third-order valence-corrected chi connectivity index (χ3v) is 4.73. The Kier molecular flexibility index (Phi) is 3.72. The van der Waals surface area contributed by atoms with Crippen LogP contribution < -0.4 is 10.1 Å². The van der Waals surface area contributed by atoms with Crippen molar-refractivity contribution in [2.75, 3.05) is 13.1 Å². The highest BCUT2D eigenvalue weighted by molar-refractivity contribution is 6.30. The van der Waals surface area contributed by atoms with Crippen LogP contribution in [-0.4, -0.2) is 19.2 Å². The molecule has 1 atom stereocenters. The molecule has 0 radical (unpaired) electrons. The molecule has 1 aliphatic carbocycles. The zero-order valence-electron chi connectivity index (χ0n) is 11.5. The van der Waals surface area contributed by atoms with E-state index in [-0.39, 0.29) is 6.10 Å². The standard InChI is InChI=1S/C16H22ClNO/c1-16(6-2-3-7-16)11-18-10-14-9-12-8-13(17)4-5-15(12)19-14/h4-5,8,14,18H,2-3,6-7,9-11H2,1H3. The maximum Gasteiger partial charge on any atom is 0.123 e. The van der Waals surface area contributed by atoms with E-state index in [0.717, 1.165) is 30.3 Å². The molecule has 104 valence electrons. The quantitative estimate of drug-likeness (QED) is 0.905. The molecule has 19 heavy (non-hydrogen) atoms. The minimum Gasteiger partial charge on any atom is -0.488 e. The Bertz CT molecular complexity index is 454. The van der Waals surface area contributed by atoms with Crippen molar-refractivity contribution in [2.45, 2.75) is 45.1 Å². The summed E-state index contributed by atoms with van der Waals surface area (Å²) in [6, 6.07) is 5.90. The third kappa shape index (κ3) is 3.06. The van der Waals surface area contributed by atoms with Crippen LogP contribution in [0.3, 0.4) is 0 Å². The number of hydrogen-bond acceptors (Lipinski definition) is 2. The first-order chi connectivity index (χ1) is 9.15. The predicted molar refractivity (Wildman–Crippen MR) is 79.0 cm³/mol. The molecule has 1 saturated carbocycles. The van der Waals surface area contributed by atoms with E-state index in [1.807, 2.05) is 18.2 Å². The molecule has 1 aromatic rings. The lowest BCUT2D eigenvalue weighted by Crippen LogP contribution is -2.36. The Labute approximate surface area is 120 Å². The van der Waals surface area contributed by atoms with Gasteiger partial charge in [-0.05, 0) is 42.0 Å². The van der Waals surface area contributed by atoms with Gasteiger partial charge in [0.1, 0.15) is 11.9 Å². The lowest BCUT2D eigenvalue weighted by molar-refractivity contribution is 0.214. The summed E-state index contributed by atoms with van der Waals surface area (Å²) in [5, 5.41) is 4.40. The van der Waals surface area contributed by atoms with E-state index >= 15 is 0 Å². The summed E-state index contributed by atoms with van der Waals surface area (Å²) >= 11 is 6.01. The molecule has 0 aromatic heterocycles. The molecule has 2 nitrogen and oxygen atoms in total. The average Bonchev–Trinajstić information content (AvgIpc) is 2.95. The van der Waals surface area contributed by atoms with Crippen molar-refractivity contribution in [1.29, 1.82) is 0 Å². The summed E-state index contributed by atoms with van der Waals surface area (Å²) in [6.07, 6.45) is 6.74. The third-order valence-electron chi connectivity index (χ3n) is 4.50. The fourth-order valence-electron chi connectivity index (χ4n) is 3.34. The number of rotatable bonds is 4. The number of ether oxygens (including phenoxy) is 1. The van der Waals surface area contributed by atoms with Gasteiger partial charge in [0.15, 0.2) is 0 Å². The number of halogens is 1. The average molecular weight is 280 g/mol. The first kappa shape index (κ1) is 13.3. The van der Waals surface area contributed by atoms with E-state index in [0.29, 0.717) is 5.41 Å². The van der Waals surface area contributed by atoms with Gasteiger partial charge >= 0.3 is 0 Å². The Hall–Kier alpha value is -0.730. The summed E-state index contributed by atoms with van der Waals surface area (Å²) in [5.74, 6) is 1.00. The van der Waals surface area contributed by atoms with Crippen LogP contribution in [0.5, 0.6) is 5.75 Å². The highest BCUT2D eigenvalue weighted by Crippen LogP contribution is 2.37. The van der Waals surface area contributed by atoms with Gasteiger partial charge in [-0.1, -0.05) is 31.4 Å². The van der Waals surface area contributed by atoms with E-state index in [4.69, 9.17) is 16.3 Å². The number of hydrogen-bond donors (Lipinski definition) is 1. The fraction of sp³-hybridized carbons (Fsp3) is 0.625. The second kappa shape index (κ2) is 5.34. The van der Waals surface area contributed by atoms with Gasteiger partial charge in [-0.15, -0.1) is 0 Å². The second-order valence-corrected chi connectivity index (χ2v) is 6.78. The zero-order chi connectivity index (χ0) is 13.3. The van der Waals surface area contributed by atoms with Crippen LogP contribution in [-0.2, 0) is 6.42 Å². The van der Waals surface area contributed by atoms with Gasteiger partial charge < -0.3 is 10.1 Å². The van der Waals surface area contributed by atoms with Gasteiger partial charge in [-0.3, -0.25) is 0 Å². The van der Waals surface area contributed by atoms with Crippen molar-refractivity contribution in [3.63, 3.8) is 0 Å².